The van der Waals surface area contributed by atoms with Crippen LogP contribution < -0.4 is 14.8 Å². The van der Waals surface area contributed by atoms with Crippen LogP contribution in [0, 0.1) is 16.2 Å². The van der Waals surface area contributed by atoms with Gasteiger partial charge in [-0.1, -0.05) is 12.1 Å². The highest BCUT2D eigenvalue weighted by Crippen LogP contribution is 2.40. The minimum Gasteiger partial charge on any atom is -0.486 e. The van der Waals surface area contributed by atoms with Crippen LogP contribution in [0.5, 0.6) is 11.5 Å². The maximum absolute atomic E-state index is 11.2. The Morgan fingerprint density at radius 1 is 1.25 bits per heavy atom. The Morgan fingerprint density at radius 2 is 2.00 bits per heavy atom. The van der Waals surface area contributed by atoms with Crippen LogP contribution in [0.25, 0.3) is 0 Å². The van der Waals surface area contributed by atoms with E-state index >= 15 is 0 Å². The Balaban J connectivity index is 2.02. The standard InChI is InChI=1S/C14H11N2O4/c17-16(18)12-9-14-13(19-6-7-20-14)8-11(12)15-10-4-2-1-3-5-10/h1-2,4-5,8-9,15H,6-7H2. The summed E-state index contributed by atoms with van der Waals surface area (Å²) in [6.07, 6.45) is 0. The molecule has 1 heterocycles. The first-order valence-electron chi connectivity index (χ1n) is 6.05. The SMILES string of the molecule is O=[N+]([O-])c1cc2c(cc1Nc1c[c]ccc1)OCCO2. The maximum Gasteiger partial charge on any atom is 0.296 e. The molecule has 6 heteroatoms. The number of benzene rings is 2. The van der Waals surface area contributed by atoms with Gasteiger partial charge in [-0.15, -0.1) is 0 Å². The topological polar surface area (TPSA) is 73.6 Å². The molecule has 0 bridgehead atoms. The molecule has 0 saturated carbocycles. The van der Waals surface area contributed by atoms with E-state index in [1.165, 1.54) is 6.07 Å². The van der Waals surface area contributed by atoms with Gasteiger partial charge in [0.2, 0.25) is 0 Å². The lowest BCUT2D eigenvalue weighted by Crippen LogP contribution is -2.15. The summed E-state index contributed by atoms with van der Waals surface area (Å²) in [5.74, 6) is 0.900. The number of nitro groups is 1. The second-order valence-electron chi connectivity index (χ2n) is 4.19. The number of hydrogen-bond acceptors (Lipinski definition) is 5. The van der Waals surface area contributed by atoms with Crippen molar-refractivity contribution >= 4 is 17.1 Å². The molecular formula is C14H11N2O4. The fraction of sp³-hybridized carbons (Fsp3) is 0.143. The molecule has 3 rings (SSSR count). The van der Waals surface area contributed by atoms with Crippen LogP contribution in [0.2, 0.25) is 0 Å². The average Bonchev–Trinajstić information content (AvgIpc) is 2.47. The van der Waals surface area contributed by atoms with Crippen LogP contribution in [0.15, 0.2) is 36.4 Å². The molecule has 101 valence electrons. The predicted molar refractivity (Wildman–Crippen MR) is 72.6 cm³/mol. The molecule has 0 spiro atoms. The molecule has 0 aliphatic carbocycles. The number of hydrogen-bond donors (Lipinski definition) is 1. The number of rotatable bonds is 3. The largest absolute Gasteiger partial charge is 0.486 e. The van der Waals surface area contributed by atoms with E-state index in [-0.39, 0.29) is 5.69 Å². The van der Waals surface area contributed by atoms with Crippen molar-refractivity contribution in [3.8, 4) is 11.5 Å². The molecule has 2 aromatic carbocycles. The number of ether oxygens (including phenoxy) is 2. The molecule has 2 aromatic rings. The van der Waals surface area contributed by atoms with Crippen molar-refractivity contribution in [1.29, 1.82) is 0 Å². The molecule has 1 radical (unpaired) electrons. The molecule has 6 nitrogen and oxygen atoms in total. The second kappa shape index (κ2) is 5.08. The van der Waals surface area contributed by atoms with Crippen LogP contribution in [-0.2, 0) is 0 Å². The lowest BCUT2D eigenvalue weighted by Gasteiger charge is -2.19. The number of anilines is 2. The van der Waals surface area contributed by atoms with Crippen LogP contribution in [-0.4, -0.2) is 18.1 Å². The van der Waals surface area contributed by atoms with Crippen molar-refractivity contribution in [2.75, 3.05) is 18.5 Å². The van der Waals surface area contributed by atoms with Crippen molar-refractivity contribution in [2.24, 2.45) is 0 Å². The highest BCUT2D eigenvalue weighted by Gasteiger charge is 2.22. The number of fused-ring (bicyclic) bond motifs is 1. The third-order valence-corrected chi connectivity index (χ3v) is 2.84. The van der Waals surface area contributed by atoms with Gasteiger partial charge in [-0.05, 0) is 18.2 Å². The minimum atomic E-state index is -0.451. The fourth-order valence-corrected chi connectivity index (χ4v) is 1.96. The molecular weight excluding hydrogens is 260 g/mol. The lowest BCUT2D eigenvalue weighted by molar-refractivity contribution is -0.384. The summed E-state index contributed by atoms with van der Waals surface area (Å²) >= 11 is 0. The van der Waals surface area contributed by atoms with E-state index in [0.29, 0.717) is 36.1 Å². The van der Waals surface area contributed by atoms with Gasteiger partial charge < -0.3 is 14.8 Å². The highest BCUT2D eigenvalue weighted by molar-refractivity contribution is 5.73. The van der Waals surface area contributed by atoms with E-state index in [9.17, 15) is 10.1 Å². The van der Waals surface area contributed by atoms with E-state index in [2.05, 4.69) is 11.4 Å². The Labute approximate surface area is 115 Å². The van der Waals surface area contributed by atoms with Crippen molar-refractivity contribution in [3.63, 3.8) is 0 Å². The molecule has 0 aromatic heterocycles. The van der Waals surface area contributed by atoms with Gasteiger partial charge in [-0.2, -0.15) is 0 Å². The van der Waals surface area contributed by atoms with Crippen molar-refractivity contribution in [2.45, 2.75) is 0 Å². The fourth-order valence-electron chi connectivity index (χ4n) is 1.96. The summed E-state index contributed by atoms with van der Waals surface area (Å²) in [6.45, 7) is 0.827. The molecule has 0 unspecified atom stereocenters. The molecule has 0 amide bonds. The van der Waals surface area contributed by atoms with Crippen LogP contribution in [0.3, 0.4) is 0 Å². The first-order chi connectivity index (χ1) is 9.74. The summed E-state index contributed by atoms with van der Waals surface area (Å²) in [5.41, 5.74) is 1.02. The second-order valence-corrected chi connectivity index (χ2v) is 4.19. The minimum absolute atomic E-state index is 0.0573. The summed E-state index contributed by atoms with van der Waals surface area (Å²) in [4.78, 5) is 10.7. The maximum atomic E-state index is 11.2. The number of nitrogens with one attached hydrogen (secondary N) is 1. The molecule has 1 aliphatic heterocycles. The summed E-state index contributed by atoms with van der Waals surface area (Å²) in [7, 11) is 0. The Kier molecular flexibility index (Phi) is 3.12. The van der Waals surface area contributed by atoms with Crippen molar-refractivity contribution in [3.05, 3.63) is 52.6 Å². The van der Waals surface area contributed by atoms with Crippen molar-refractivity contribution < 1.29 is 14.4 Å². The predicted octanol–water partition coefficient (Wildman–Crippen LogP) is 2.91. The average molecular weight is 271 g/mol. The third-order valence-electron chi connectivity index (χ3n) is 2.84. The Hall–Kier alpha value is -2.76. The number of nitrogens with zero attached hydrogens (tertiary/aromatic N) is 1. The zero-order chi connectivity index (χ0) is 13.9. The summed E-state index contributed by atoms with van der Waals surface area (Å²) in [5, 5.41) is 14.2. The quantitative estimate of drug-likeness (QED) is 0.686. The van der Waals surface area contributed by atoms with Gasteiger partial charge in [0.05, 0.1) is 11.0 Å². The van der Waals surface area contributed by atoms with E-state index < -0.39 is 4.92 Å². The van der Waals surface area contributed by atoms with Gasteiger partial charge in [-0.3, -0.25) is 10.1 Å². The number of nitro benzene ring substituents is 1. The molecule has 0 saturated heterocycles. The molecule has 0 atom stereocenters. The zero-order valence-corrected chi connectivity index (χ0v) is 10.5. The van der Waals surface area contributed by atoms with E-state index in [1.54, 1.807) is 30.3 Å². The van der Waals surface area contributed by atoms with Gasteiger partial charge in [0.1, 0.15) is 18.9 Å². The molecule has 20 heavy (non-hydrogen) atoms. The molecule has 0 fully saturated rings. The van der Waals surface area contributed by atoms with Gasteiger partial charge in [-0.25, -0.2) is 0 Å². The highest BCUT2D eigenvalue weighted by atomic mass is 16.6. The van der Waals surface area contributed by atoms with E-state index in [4.69, 9.17) is 9.47 Å². The van der Waals surface area contributed by atoms with Gasteiger partial charge >= 0.3 is 0 Å². The summed E-state index contributed by atoms with van der Waals surface area (Å²) in [6, 6.07) is 12.9. The normalized spacial score (nSPS) is 12.8. The van der Waals surface area contributed by atoms with Crippen LogP contribution in [0.1, 0.15) is 0 Å². The summed E-state index contributed by atoms with van der Waals surface area (Å²) < 4.78 is 10.8. The Morgan fingerprint density at radius 3 is 2.65 bits per heavy atom. The Bertz CT molecular complexity index is 643. The third kappa shape index (κ3) is 2.35. The first-order valence-corrected chi connectivity index (χ1v) is 6.05. The molecule has 1 N–H and O–H groups in total. The smallest absolute Gasteiger partial charge is 0.296 e. The monoisotopic (exact) mass is 271 g/mol. The molecule has 1 aliphatic rings. The van der Waals surface area contributed by atoms with Gasteiger partial charge in [0.15, 0.2) is 11.5 Å². The first kappa shape index (κ1) is 12.3. The van der Waals surface area contributed by atoms with E-state index in [1.807, 2.05) is 0 Å². The van der Waals surface area contributed by atoms with Crippen molar-refractivity contribution in [1.82, 2.24) is 0 Å². The van der Waals surface area contributed by atoms with Gasteiger partial charge in [0, 0.05) is 11.8 Å². The van der Waals surface area contributed by atoms with Gasteiger partial charge in [0.25, 0.3) is 5.69 Å². The van der Waals surface area contributed by atoms with E-state index in [0.717, 1.165) is 0 Å². The van der Waals surface area contributed by atoms with Crippen LogP contribution in [0.4, 0.5) is 17.1 Å². The van der Waals surface area contributed by atoms with Crippen LogP contribution >= 0.6 is 0 Å². The lowest BCUT2D eigenvalue weighted by atomic mass is 10.2. The zero-order valence-electron chi connectivity index (χ0n) is 10.5.